The number of ether oxygens (including phenoxy) is 2. The van der Waals surface area contributed by atoms with Crippen molar-refractivity contribution in [3.8, 4) is 17.6 Å². The largest absolute Gasteiger partial charge is 0.497 e. The number of carbonyl (C=O) groups excluding carboxylic acids is 1. The van der Waals surface area contributed by atoms with E-state index in [1.165, 1.54) is 11.8 Å². The molecule has 1 heterocycles. The Labute approximate surface area is 138 Å². The number of pyridine rings is 1. The Kier molecular flexibility index (Phi) is 5.83. The molecule has 1 aromatic heterocycles. The summed E-state index contributed by atoms with van der Waals surface area (Å²) >= 11 is 1.21. The second-order valence-corrected chi connectivity index (χ2v) is 5.37. The highest BCUT2D eigenvalue weighted by Crippen LogP contribution is 2.26. The average molecular weight is 329 g/mol. The average Bonchev–Trinajstić information content (AvgIpc) is 2.59. The topological polar surface area (TPSA) is 84.2 Å². The predicted octanol–water partition coefficient (Wildman–Crippen LogP) is 2.70. The number of amides is 1. The van der Waals surface area contributed by atoms with Gasteiger partial charge in [0, 0.05) is 30.1 Å². The van der Waals surface area contributed by atoms with Gasteiger partial charge in [-0.2, -0.15) is 5.26 Å². The molecule has 0 unspecified atom stereocenters. The first-order chi connectivity index (χ1) is 11.2. The van der Waals surface area contributed by atoms with Gasteiger partial charge in [0.2, 0.25) is 5.91 Å². The van der Waals surface area contributed by atoms with Gasteiger partial charge in [-0.1, -0.05) is 11.8 Å². The second kappa shape index (κ2) is 8.06. The SMILES string of the molecule is COc1cc(NC(=O)CSc2ncccc2C#N)cc(OC)c1. The van der Waals surface area contributed by atoms with Crippen molar-refractivity contribution >= 4 is 23.4 Å². The Morgan fingerprint density at radius 1 is 1.30 bits per heavy atom. The maximum Gasteiger partial charge on any atom is 0.234 e. The van der Waals surface area contributed by atoms with Gasteiger partial charge in [-0.3, -0.25) is 4.79 Å². The van der Waals surface area contributed by atoms with E-state index in [1.54, 1.807) is 50.7 Å². The van der Waals surface area contributed by atoms with Gasteiger partial charge in [-0.25, -0.2) is 4.98 Å². The van der Waals surface area contributed by atoms with Gasteiger partial charge < -0.3 is 14.8 Å². The number of aromatic nitrogens is 1. The van der Waals surface area contributed by atoms with Crippen molar-refractivity contribution in [1.82, 2.24) is 4.98 Å². The molecule has 2 aromatic rings. The Balaban J connectivity index is 2.01. The Morgan fingerprint density at radius 3 is 2.61 bits per heavy atom. The van der Waals surface area contributed by atoms with Crippen molar-refractivity contribution in [2.24, 2.45) is 0 Å². The first-order valence-electron chi connectivity index (χ1n) is 6.67. The van der Waals surface area contributed by atoms with E-state index in [0.717, 1.165) is 0 Å². The van der Waals surface area contributed by atoms with Crippen LogP contribution in [0, 0.1) is 11.3 Å². The molecule has 7 heteroatoms. The summed E-state index contributed by atoms with van der Waals surface area (Å²) in [4.78, 5) is 16.2. The number of nitriles is 1. The van der Waals surface area contributed by atoms with Crippen molar-refractivity contribution in [3.05, 3.63) is 42.1 Å². The third-order valence-corrected chi connectivity index (χ3v) is 3.87. The lowest BCUT2D eigenvalue weighted by Crippen LogP contribution is -2.14. The van der Waals surface area contributed by atoms with Crippen molar-refractivity contribution < 1.29 is 14.3 Å². The lowest BCUT2D eigenvalue weighted by Gasteiger charge is -2.10. The minimum atomic E-state index is -0.208. The molecule has 0 aliphatic heterocycles. The maximum absolute atomic E-state index is 12.1. The number of methoxy groups -OCH3 is 2. The van der Waals surface area contributed by atoms with Gasteiger partial charge in [0.05, 0.1) is 25.5 Å². The molecule has 118 valence electrons. The van der Waals surface area contributed by atoms with Crippen molar-refractivity contribution in [2.45, 2.75) is 5.03 Å². The molecule has 0 spiro atoms. The van der Waals surface area contributed by atoms with Gasteiger partial charge in [0.25, 0.3) is 0 Å². The fourth-order valence-electron chi connectivity index (χ4n) is 1.80. The van der Waals surface area contributed by atoms with Crippen LogP contribution in [0.2, 0.25) is 0 Å². The van der Waals surface area contributed by atoms with E-state index < -0.39 is 0 Å². The Morgan fingerprint density at radius 2 is 2.00 bits per heavy atom. The smallest absolute Gasteiger partial charge is 0.234 e. The summed E-state index contributed by atoms with van der Waals surface area (Å²) in [7, 11) is 3.08. The highest BCUT2D eigenvalue weighted by atomic mass is 32.2. The first kappa shape index (κ1) is 16.6. The molecule has 1 N–H and O–H groups in total. The summed E-state index contributed by atoms with van der Waals surface area (Å²) in [6.07, 6.45) is 1.59. The van der Waals surface area contributed by atoms with Crippen LogP contribution in [0.5, 0.6) is 11.5 Å². The van der Waals surface area contributed by atoms with E-state index in [1.807, 2.05) is 0 Å². The zero-order valence-corrected chi connectivity index (χ0v) is 13.5. The summed E-state index contributed by atoms with van der Waals surface area (Å²) in [6.45, 7) is 0. The summed E-state index contributed by atoms with van der Waals surface area (Å²) in [5.41, 5.74) is 1.03. The molecule has 2 rings (SSSR count). The number of thioether (sulfide) groups is 1. The number of rotatable bonds is 6. The molecule has 0 fully saturated rings. The van der Waals surface area contributed by atoms with Crippen LogP contribution >= 0.6 is 11.8 Å². The van der Waals surface area contributed by atoms with E-state index in [0.29, 0.717) is 27.8 Å². The standard InChI is InChI=1S/C16H15N3O3S/c1-21-13-6-12(7-14(8-13)22-2)19-15(20)10-23-16-11(9-17)4-3-5-18-16/h3-8H,10H2,1-2H3,(H,19,20). The van der Waals surface area contributed by atoms with Crippen LogP contribution in [0.15, 0.2) is 41.6 Å². The van der Waals surface area contributed by atoms with Crippen LogP contribution in [-0.4, -0.2) is 30.9 Å². The number of nitrogens with zero attached hydrogens (tertiary/aromatic N) is 2. The molecular weight excluding hydrogens is 314 g/mol. The molecule has 1 aromatic carbocycles. The zero-order chi connectivity index (χ0) is 16.7. The fraction of sp³-hybridized carbons (Fsp3) is 0.188. The van der Waals surface area contributed by atoms with Crippen LogP contribution in [0.25, 0.3) is 0 Å². The van der Waals surface area contributed by atoms with Crippen LogP contribution in [0.4, 0.5) is 5.69 Å². The number of carbonyl (C=O) groups is 1. The molecule has 1 amide bonds. The lowest BCUT2D eigenvalue weighted by molar-refractivity contribution is -0.113. The molecular formula is C16H15N3O3S. The van der Waals surface area contributed by atoms with E-state index in [-0.39, 0.29) is 11.7 Å². The molecule has 0 aliphatic rings. The predicted molar refractivity (Wildman–Crippen MR) is 87.9 cm³/mol. The molecule has 0 bridgehead atoms. The molecule has 0 aliphatic carbocycles. The monoisotopic (exact) mass is 329 g/mol. The summed E-state index contributed by atoms with van der Waals surface area (Å²) in [5.74, 6) is 1.11. The second-order valence-electron chi connectivity index (χ2n) is 4.41. The molecule has 23 heavy (non-hydrogen) atoms. The number of benzene rings is 1. The van der Waals surface area contributed by atoms with Gasteiger partial charge in [-0.05, 0) is 12.1 Å². The summed E-state index contributed by atoms with van der Waals surface area (Å²) in [5, 5.41) is 12.3. The van der Waals surface area contributed by atoms with Crippen LogP contribution in [-0.2, 0) is 4.79 Å². The van der Waals surface area contributed by atoms with Gasteiger partial charge >= 0.3 is 0 Å². The van der Waals surface area contributed by atoms with Crippen LogP contribution in [0.3, 0.4) is 0 Å². The van der Waals surface area contributed by atoms with Crippen LogP contribution in [0.1, 0.15) is 5.56 Å². The minimum absolute atomic E-state index is 0.144. The minimum Gasteiger partial charge on any atom is -0.497 e. The van der Waals surface area contributed by atoms with Gasteiger partial charge in [0.1, 0.15) is 22.6 Å². The first-order valence-corrected chi connectivity index (χ1v) is 7.65. The van der Waals surface area contributed by atoms with E-state index >= 15 is 0 Å². The van der Waals surface area contributed by atoms with Gasteiger partial charge in [0.15, 0.2) is 0 Å². The summed E-state index contributed by atoms with van der Waals surface area (Å²) < 4.78 is 10.3. The van der Waals surface area contributed by atoms with Crippen molar-refractivity contribution in [1.29, 1.82) is 5.26 Å². The number of anilines is 1. The molecule has 0 saturated carbocycles. The third-order valence-electron chi connectivity index (χ3n) is 2.87. The molecule has 0 radical (unpaired) electrons. The molecule has 0 saturated heterocycles. The third kappa shape index (κ3) is 4.63. The fourth-order valence-corrected chi connectivity index (χ4v) is 2.55. The Bertz CT molecular complexity index is 721. The number of nitrogens with one attached hydrogen (secondary N) is 1. The highest BCUT2D eigenvalue weighted by molar-refractivity contribution is 8.00. The van der Waals surface area contributed by atoms with Gasteiger partial charge in [-0.15, -0.1) is 0 Å². The maximum atomic E-state index is 12.1. The quantitative estimate of drug-likeness (QED) is 0.820. The molecule has 6 nitrogen and oxygen atoms in total. The van der Waals surface area contributed by atoms with Crippen molar-refractivity contribution in [2.75, 3.05) is 25.3 Å². The van der Waals surface area contributed by atoms with Crippen molar-refractivity contribution in [3.63, 3.8) is 0 Å². The summed E-state index contributed by atoms with van der Waals surface area (Å²) in [6, 6.07) is 10.5. The lowest BCUT2D eigenvalue weighted by atomic mass is 10.2. The number of hydrogen-bond donors (Lipinski definition) is 1. The number of hydrogen-bond acceptors (Lipinski definition) is 6. The van der Waals surface area contributed by atoms with E-state index in [4.69, 9.17) is 14.7 Å². The zero-order valence-electron chi connectivity index (χ0n) is 12.7. The van der Waals surface area contributed by atoms with E-state index in [2.05, 4.69) is 16.4 Å². The van der Waals surface area contributed by atoms with Crippen LogP contribution < -0.4 is 14.8 Å². The molecule has 0 atom stereocenters. The van der Waals surface area contributed by atoms with E-state index in [9.17, 15) is 4.79 Å². The highest BCUT2D eigenvalue weighted by Gasteiger charge is 2.09. The Hall–Kier alpha value is -2.72. The normalized spacial score (nSPS) is 9.78.